The number of tetrazole rings is 1. The molecule has 0 aliphatic carbocycles. The van der Waals surface area contributed by atoms with E-state index in [4.69, 9.17) is 0 Å². The lowest BCUT2D eigenvalue weighted by atomic mass is 10.2. The first-order valence-electron chi connectivity index (χ1n) is 8.91. The van der Waals surface area contributed by atoms with Gasteiger partial charge in [-0.15, -0.1) is 5.10 Å². The van der Waals surface area contributed by atoms with Gasteiger partial charge in [-0.25, -0.2) is 12.7 Å². The normalized spacial score (nSPS) is 11.6. The maximum absolute atomic E-state index is 12.5. The van der Waals surface area contributed by atoms with E-state index in [0.717, 1.165) is 15.8 Å². The maximum atomic E-state index is 12.5. The summed E-state index contributed by atoms with van der Waals surface area (Å²) < 4.78 is 28.7. The molecule has 9 nitrogen and oxygen atoms in total. The first kappa shape index (κ1) is 21.2. The highest BCUT2D eigenvalue weighted by Gasteiger charge is 2.19. The summed E-state index contributed by atoms with van der Waals surface area (Å²) in [6.45, 7) is 2.98. The van der Waals surface area contributed by atoms with Crippen LogP contribution in [0.1, 0.15) is 12.7 Å². The molecule has 0 aliphatic rings. The summed E-state index contributed by atoms with van der Waals surface area (Å²) in [5, 5.41) is 18.4. The third kappa shape index (κ3) is 4.57. The molecular formula is C18H22BrN7O2S. The molecule has 11 heteroatoms. The molecule has 2 N–H and O–H groups in total. The van der Waals surface area contributed by atoms with Crippen LogP contribution in [0, 0.1) is 0 Å². The van der Waals surface area contributed by atoms with E-state index >= 15 is 0 Å². The Hall–Kier alpha value is -2.50. The smallest absolute Gasteiger partial charge is 0.242 e. The van der Waals surface area contributed by atoms with Gasteiger partial charge in [0.1, 0.15) is 0 Å². The molecule has 0 amide bonds. The van der Waals surface area contributed by atoms with Crippen molar-refractivity contribution in [3.05, 3.63) is 52.8 Å². The fraction of sp³-hybridized carbons (Fsp3) is 0.278. The van der Waals surface area contributed by atoms with Crippen molar-refractivity contribution in [3.63, 3.8) is 0 Å². The van der Waals surface area contributed by atoms with Crippen LogP contribution >= 0.6 is 15.9 Å². The lowest BCUT2D eigenvalue weighted by molar-refractivity contribution is 0.521. The predicted octanol–water partition coefficient (Wildman–Crippen LogP) is 2.72. The van der Waals surface area contributed by atoms with Crippen LogP contribution in [-0.2, 0) is 16.6 Å². The molecule has 2 aromatic carbocycles. The van der Waals surface area contributed by atoms with E-state index in [-0.39, 0.29) is 4.90 Å². The van der Waals surface area contributed by atoms with E-state index in [9.17, 15) is 8.42 Å². The molecule has 0 spiro atoms. The highest BCUT2D eigenvalue weighted by Crippen LogP contribution is 2.27. The Morgan fingerprint density at radius 2 is 1.86 bits per heavy atom. The number of rotatable bonds is 8. The zero-order valence-corrected chi connectivity index (χ0v) is 18.7. The molecule has 0 atom stereocenters. The van der Waals surface area contributed by atoms with E-state index in [2.05, 4.69) is 42.1 Å². The van der Waals surface area contributed by atoms with Gasteiger partial charge in [-0.05, 0) is 63.6 Å². The average Bonchev–Trinajstić information content (AvgIpc) is 3.16. The van der Waals surface area contributed by atoms with Gasteiger partial charge >= 0.3 is 0 Å². The van der Waals surface area contributed by atoms with Crippen LogP contribution in [0.5, 0.6) is 0 Å². The third-order valence-electron chi connectivity index (χ3n) is 4.19. The van der Waals surface area contributed by atoms with Gasteiger partial charge in [0.2, 0.25) is 10.0 Å². The number of sulfonamides is 1. The van der Waals surface area contributed by atoms with Crippen molar-refractivity contribution in [2.45, 2.75) is 18.4 Å². The van der Waals surface area contributed by atoms with E-state index in [1.54, 1.807) is 22.9 Å². The van der Waals surface area contributed by atoms with Gasteiger partial charge in [0.25, 0.3) is 0 Å². The van der Waals surface area contributed by atoms with E-state index in [1.165, 1.54) is 18.4 Å². The van der Waals surface area contributed by atoms with Crippen LogP contribution in [0.15, 0.2) is 51.8 Å². The van der Waals surface area contributed by atoms with Crippen LogP contribution in [-0.4, -0.2) is 53.6 Å². The molecule has 0 saturated heterocycles. The monoisotopic (exact) mass is 479 g/mol. The fourth-order valence-electron chi connectivity index (χ4n) is 2.69. The highest BCUT2D eigenvalue weighted by molar-refractivity contribution is 9.10. The molecule has 0 bridgehead atoms. The summed E-state index contributed by atoms with van der Waals surface area (Å²) in [6.07, 6.45) is 0. The molecule has 3 rings (SSSR count). The first-order valence-corrected chi connectivity index (χ1v) is 11.1. The maximum Gasteiger partial charge on any atom is 0.242 e. The standard InChI is InChI=1S/C18H22BrN7O2S/c1-4-20-15-10-9-13(29(27,28)25(2)3)11-16(15)21-12-18-22-23-24-26(18)17-8-6-5-7-14(17)19/h5-11,20-21H,4,12H2,1-3H3. The summed E-state index contributed by atoms with van der Waals surface area (Å²) in [7, 11) is -0.533. The quantitative estimate of drug-likeness (QED) is 0.511. The van der Waals surface area contributed by atoms with Crippen molar-refractivity contribution < 1.29 is 8.42 Å². The lowest BCUT2D eigenvalue weighted by Crippen LogP contribution is -2.22. The summed E-state index contributed by atoms with van der Waals surface area (Å²) in [6, 6.07) is 12.6. The number of nitrogens with zero attached hydrogens (tertiary/aromatic N) is 5. The van der Waals surface area contributed by atoms with E-state index < -0.39 is 10.0 Å². The summed E-state index contributed by atoms with van der Waals surface area (Å²) >= 11 is 3.51. The Bertz CT molecular complexity index is 1100. The van der Waals surface area contributed by atoms with Gasteiger partial charge in [-0.2, -0.15) is 4.68 Å². The van der Waals surface area contributed by atoms with Gasteiger partial charge in [0, 0.05) is 25.1 Å². The predicted molar refractivity (Wildman–Crippen MR) is 116 cm³/mol. The molecule has 29 heavy (non-hydrogen) atoms. The van der Waals surface area contributed by atoms with Crippen molar-refractivity contribution >= 4 is 37.3 Å². The van der Waals surface area contributed by atoms with E-state index in [0.29, 0.717) is 24.6 Å². The second-order valence-corrected chi connectivity index (χ2v) is 9.34. The minimum absolute atomic E-state index is 0.206. The number of nitrogens with one attached hydrogen (secondary N) is 2. The zero-order valence-electron chi connectivity index (χ0n) is 16.3. The minimum Gasteiger partial charge on any atom is -0.384 e. The number of hydrogen-bond donors (Lipinski definition) is 2. The number of benzene rings is 2. The van der Waals surface area contributed by atoms with Gasteiger partial charge in [-0.1, -0.05) is 12.1 Å². The first-order chi connectivity index (χ1) is 13.8. The molecule has 0 fully saturated rings. The SMILES string of the molecule is CCNc1ccc(S(=O)(=O)N(C)C)cc1NCc1nnnn1-c1ccccc1Br. The number of halogens is 1. The van der Waals surface area contributed by atoms with Gasteiger partial charge < -0.3 is 10.6 Å². The Balaban J connectivity index is 1.91. The van der Waals surface area contributed by atoms with Crippen LogP contribution < -0.4 is 10.6 Å². The van der Waals surface area contributed by atoms with Crippen molar-refractivity contribution in [1.82, 2.24) is 24.5 Å². The number of aromatic nitrogens is 4. The summed E-state index contributed by atoms with van der Waals surface area (Å²) in [5.41, 5.74) is 2.26. The second kappa shape index (κ2) is 8.89. The molecule has 0 unspecified atom stereocenters. The molecule has 1 aromatic heterocycles. The van der Waals surface area contributed by atoms with Gasteiger partial charge in [0.15, 0.2) is 5.82 Å². The topological polar surface area (TPSA) is 105 Å². The van der Waals surface area contributed by atoms with Crippen LogP contribution in [0.4, 0.5) is 11.4 Å². The van der Waals surface area contributed by atoms with E-state index in [1.807, 2.05) is 31.2 Å². The summed E-state index contributed by atoms with van der Waals surface area (Å²) in [4.78, 5) is 0.206. The van der Waals surface area contributed by atoms with Gasteiger partial charge in [-0.3, -0.25) is 0 Å². The Labute approximate surface area is 178 Å². The fourth-order valence-corrected chi connectivity index (χ4v) is 4.07. The average molecular weight is 480 g/mol. The number of anilines is 2. The van der Waals surface area contributed by atoms with Crippen molar-refractivity contribution in [1.29, 1.82) is 0 Å². The molecule has 154 valence electrons. The number of hydrogen-bond acceptors (Lipinski definition) is 7. The van der Waals surface area contributed by atoms with Crippen molar-refractivity contribution in [3.8, 4) is 5.69 Å². The third-order valence-corrected chi connectivity index (χ3v) is 6.67. The van der Waals surface area contributed by atoms with Crippen LogP contribution in [0.25, 0.3) is 5.69 Å². The highest BCUT2D eigenvalue weighted by atomic mass is 79.9. The van der Waals surface area contributed by atoms with Crippen LogP contribution in [0.3, 0.4) is 0 Å². The second-order valence-electron chi connectivity index (χ2n) is 6.34. The minimum atomic E-state index is -3.55. The molecule has 0 radical (unpaired) electrons. The van der Waals surface area contributed by atoms with Gasteiger partial charge in [0.05, 0.1) is 28.5 Å². The van der Waals surface area contributed by atoms with Crippen LogP contribution in [0.2, 0.25) is 0 Å². The van der Waals surface area contributed by atoms with Crippen molar-refractivity contribution in [2.24, 2.45) is 0 Å². The Morgan fingerprint density at radius 3 is 2.55 bits per heavy atom. The molecule has 1 heterocycles. The zero-order chi connectivity index (χ0) is 21.0. The number of para-hydroxylation sites is 1. The van der Waals surface area contributed by atoms with Crippen molar-refractivity contribution in [2.75, 3.05) is 31.3 Å². The Morgan fingerprint density at radius 1 is 1.10 bits per heavy atom. The molecule has 0 saturated carbocycles. The lowest BCUT2D eigenvalue weighted by Gasteiger charge is -2.17. The largest absolute Gasteiger partial charge is 0.384 e. The summed E-state index contributed by atoms with van der Waals surface area (Å²) in [5.74, 6) is 0.584. The molecular weight excluding hydrogens is 458 g/mol. The molecule has 3 aromatic rings. The Kier molecular flexibility index (Phi) is 6.50. The molecule has 0 aliphatic heterocycles.